The highest BCUT2D eigenvalue weighted by molar-refractivity contribution is 7.99. The quantitative estimate of drug-likeness (QED) is 0.601. The van der Waals surface area contributed by atoms with Crippen molar-refractivity contribution in [1.82, 2.24) is 5.32 Å². The molecule has 0 saturated heterocycles. The second-order valence-corrected chi connectivity index (χ2v) is 6.07. The van der Waals surface area contributed by atoms with Crippen LogP contribution in [0, 0.1) is 0 Å². The lowest BCUT2D eigenvalue weighted by atomic mass is 9.95. The average molecular weight is 233 g/mol. The largest absolute Gasteiger partial charge is 0.394 e. The zero-order valence-corrected chi connectivity index (χ0v) is 11.5. The van der Waals surface area contributed by atoms with Crippen molar-refractivity contribution in [1.29, 1.82) is 0 Å². The second kappa shape index (κ2) is 8.43. The number of rotatable bonds is 9. The van der Waals surface area contributed by atoms with E-state index in [4.69, 9.17) is 0 Å². The first-order valence-electron chi connectivity index (χ1n) is 6.00. The predicted octanol–water partition coefficient (Wildman–Crippen LogP) is 2.66. The number of thioether (sulfide) groups is 1. The van der Waals surface area contributed by atoms with Gasteiger partial charge in [-0.15, -0.1) is 0 Å². The van der Waals surface area contributed by atoms with E-state index in [1.54, 1.807) is 0 Å². The summed E-state index contributed by atoms with van der Waals surface area (Å²) in [7, 11) is 0. The zero-order valence-electron chi connectivity index (χ0n) is 10.7. The van der Waals surface area contributed by atoms with Gasteiger partial charge in [0.1, 0.15) is 0 Å². The van der Waals surface area contributed by atoms with Crippen molar-refractivity contribution in [2.75, 3.05) is 18.1 Å². The molecule has 0 amide bonds. The van der Waals surface area contributed by atoms with Crippen molar-refractivity contribution in [3.63, 3.8) is 0 Å². The molecule has 0 aliphatic carbocycles. The van der Waals surface area contributed by atoms with E-state index >= 15 is 0 Å². The molecule has 2 N–H and O–H groups in total. The van der Waals surface area contributed by atoms with Gasteiger partial charge < -0.3 is 10.4 Å². The third-order valence-electron chi connectivity index (χ3n) is 2.46. The Bertz CT molecular complexity index is 153. The van der Waals surface area contributed by atoms with E-state index in [0.29, 0.717) is 6.04 Å². The minimum Gasteiger partial charge on any atom is -0.394 e. The first kappa shape index (κ1) is 15.3. The van der Waals surface area contributed by atoms with Crippen LogP contribution in [0.3, 0.4) is 0 Å². The Morgan fingerprint density at radius 1 is 1.33 bits per heavy atom. The van der Waals surface area contributed by atoms with Crippen LogP contribution in [0.2, 0.25) is 0 Å². The minimum absolute atomic E-state index is 0.0922. The Kier molecular flexibility index (Phi) is 8.58. The van der Waals surface area contributed by atoms with Gasteiger partial charge in [0.2, 0.25) is 0 Å². The molecule has 0 bridgehead atoms. The SMILES string of the molecule is CCSCCCCC(C)(CO)NC(C)C. The maximum Gasteiger partial charge on any atom is 0.0610 e. The molecule has 0 spiro atoms. The van der Waals surface area contributed by atoms with Crippen LogP contribution in [-0.4, -0.2) is 34.8 Å². The number of hydrogen-bond acceptors (Lipinski definition) is 3. The van der Waals surface area contributed by atoms with E-state index in [1.165, 1.54) is 24.3 Å². The van der Waals surface area contributed by atoms with Crippen molar-refractivity contribution in [3.05, 3.63) is 0 Å². The summed E-state index contributed by atoms with van der Waals surface area (Å²) in [5, 5.41) is 12.8. The summed E-state index contributed by atoms with van der Waals surface area (Å²) in [5.74, 6) is 2.46. The van der Waals surface area contributed by atoms with E-state index in [-0.39, 0.29) is 12.1 Å². The van der Waals surface area contributed by atoms with Gasteiger partial charge in [-0.25, -0.2) is 0 Å². The van der Waals surface area contributed by atoms with Gasteiger partial charge in [0.05, 0.1) is 6.61 Å². The van der Waals surface area contributed by atoms with Crippen molar-refractivity contribution in [2.24, 2.45) is 0 Å². The number of aliphatic hydroxyl groups excluding tert-OH is 1. The van der Waals surface area contributed by atoms with Gasteiger partial charge in [-0.1, -0.05) is 27.2 Å². The highest BCUT2D eigenvalue weighted by atomic mass is 32.2. The molecule has 1 atom stereocenters. The van der Waals surface area contributed by atoms with Gasteiger partial charge in [0.15, 0.2) is 0 Å². The van der Waals surface area contributed by atoms with Gasteiger partial charge in [-0.2, -0.15) is 11.8 Å². The summed E-state index contributed by atoms with van der Waals surface area (Å²) >= 11 is 2.00. The van der Waals surface area contributed by atoms with Crippen molar-refractivity contribution in [3.8, 4) is 0 Å². The van der Waals surface area contributed by atoms with E-state index in [1.807, 2.05) is 11.8 Å². The van der Waals surface area contributed by atoms with E-state index in [9.17, 15) is 5.11 Å². The van der Waals surface area contributed by atoms with Crippen molar-refractivity contribution < 1.29 is 5.11 Å². The molecule has 2 nitrogen and oxygen atoms in total. The molecule has 1 unspecified atom stereocenters. The molecule has 0 heterocycles. The van der Waals surface area contributed by atoms with Gasteiger partial charge in [0, 0.05) is 11.6 Å². The molecule has 92 valence electrons. The molecule has 0 aromatic carbocycles. The monoisotopic (exact) mass is 233 g/mol. The summed E-state index contributed by atoms with van der Waals surface area (Å²) in [6, 6.07) is 0.437. The standard InChI is InChI=1S/C12H27NOS/c1-5-15-9-7-6-8-12(4,10-14)13-11(2)3/h11,13-14H,5-10H2,1-4H3. The molecule has 0 radical (unpaired) electrons. The molecule has 0 fully saturated rings. The fraction of sp³-hybridized carbons (Fsp3) is 1.00. The molecule has 0 aliphatic heterocycles. The summed E-state index contributed by atoms with van der Waals surface area (Å²) in [6.45, 7) is 8.79. The van der Waals surface area contributed by atoms with Crippen LogP contribution in [0.15, 0.2) is 0 Å². The maximum atomic E-state index is 9.37. The smallest absolute Gasteiger partial charge is 0.0610 e. The van der Waals surface area contributed by atoms with Gasteiger partial charge in [-0.05, 0) is 31.3 Å². The summed E-state index contributed by atoms with van der Waals surface area (Å²) in [4.78, 5) is 0. The summed E-state index contributed by atoms with van der Waals surface area (Å²) in [6.07, 6.45) is 3.52. The Balaban J connectivity index is 3.68. The van der Waals surface area contributed by atoms with Crippen LogP contribution in [0.5, 0.6) is 0 Å². The van der Waals surface area contributed by atoms with E-state index in [2.05, 4.69) is 33.0 Å². The highest BCUT2D eigenvalue weighted by Gasteiger charge is 2.22. The van der Waals surface area contributed by atoms with E-state index in [0.717, 1.165) is 6.42 Å². The Morgan fingerprint density at radius 2 is 2.00 bits per heavy atom. The molecular formula is C12H27NOS. The minimum atomic E-state index is -0.0922. The molecule has 0 rings (SSSR count). The van der Waals surface area contributed by atoms with Gasteiger partial charge in [0.25, 0.3) is 0 Å². The molecular weight excluding hydrogens is 206 g/mol. The Morgan fingerprint density at radius 3 is 2.47 bits per heavy atom. The third kappa shape index (κ3) is 8.12. The molecule has 3 heteroatoms. The van der Waals surface area contributed by atoms with Crippen molar-refractivity contribution >= 4 is 11.8 Å². The van der Waals surface area contributed by atoms with Crippen molar-refractivity contribution in [2.45, 2.75) is 58.5 Å². The first-order valence-corrected chi connectivity index (χ1v) is 7.16. The van der Waals surface area contributed by atoms with E-state index < -0.39 is 0 Å². The average Bonchev–Trinajstić information content (AvgIpc) is 2.16. The van der Waals surface area contributed by atoms with Gasteiger partial charge in [-0.3, -0.25) is 0 Å². The fourth-order valence-electron chi connectivity index (χ4n) is 1.76. The van der Waals surface area contributed by atoms with Crippen LogP contribution in [0.4, 0.5) is 0 Å². The lowest BCUT2D eigenvalue weighted by Crippen LogP contribution is -2.49. The highest BCUT2D eigenvalue weighted by Crippen LogP contribution is 2.15. The molecule has 15 heavy (non-hydrogen) atoms. The molecule has 0 aliphatic rings. The second-order valence-electron chi connectivity index (χ2n) is 4.67. The van der Waals surface area contributed by atoms with Crippen LogP contribution >= 0.6 is 11.8 Å². The molecule has 0 aromatic heterocycles. The molecule has 0 saturated carbocycles. The van der Waals surface area contributed by atoms with Crippen LogP contribution in [-0.2, 0) is 0 Å². The number of nitrogens with one attached hydrogen (secondary N) is 1. The number of unbranched alkanes of at least 4 members (excludes halogenated alkanes) is 1. The predicted molar refractivity (Wildman–Crippen MR) is 70.6 cm³/mol. The first-order chi connectivity index (χ1) is 7.04. The van der Waals surface area contributed by atoms with Crippen LogP contribution in [0.25, 0.3) is 0 Å². The third-order valence-corrected chi connectivity index (χ3v) is 3.44. The zero-order chi connectivity index (χ0) is 11.7. The number of aliphatic hydroxyl groups is 1. The fourth-order valence-corrected chi connectivity index (χ4v) is 2.45. The summed E-state index contributed by atoms with van der Waals surface area (Å²) in [5.41, 5.74) is -0.0922. The maximum absolute atomic E-state index is 9.37. The molecule has 0 aromatic rings. The Hall–Kier alpha value is 0.270. The Labute approximate surface area is 99.2 Å². The topological polar surface area (TPSA) is 32.3 Å². The normalized spacial score (nSPS) is 15.6. The number of hydrogen-bond donors (Lipinski definition) is 2. The van der Waals surface area contributed by atoms with Crippen LogP contribution in [0.1, 0.15) is 47.0 Å². The van der Waals surface area contributed by atoms with Crippen LogP contribution < -0.4 is 5.32 Å². The summed E-state index contributed by atoms with van der Waals surface area (Å²) < 4.78 is 0. The lowest BCUT2D eigenvalue weighted by molar-refractivity contribution is 0.154. The lowest BCUT2D eigenvalue weighted by Gasteiger charge is -2.31. The van der Waals surface area contributed by atoms with Gasteiger partial charge >= 0.3 is 0 Å².